The van der Waals surface area contributed by atoms with Gasteiger partial charge in [-0.05, 0) is 192 Å². The van der Waals surface area contributed by atoms with Crippen LogP contribution in [0.5, 0.6) is 0 Å². The van der Waals surface area contributed by atoms with Gasteiger partial charge in [0.25, 0.3) is 0 Å². The first-order valence-electron chi connectivity index (χ1n) is 26.6. The summed E-state index contributed by atoms with van der Waals surface area (Å²) in [5.41, 5.74) is 20.1. The third-order valence-corrected chi connectivity index (χ3v) is 13.0. The average molecular weight is 1180 g/mol. The predicted molar refractivity (Wildman–Crippen MR) is 344 cm³/mol. The van der Waals surface area contributed by atoms with E-state index >= 15 is 0 Å². The van der Waals surface area contributed by atoms with Crippen LogP contribution in [0.3, 0.4) is 0 Å². The minimum atomic E-state index is 0. The van der Waals surface area contributed by atoms with Crippen LogP contribution in [0.4, 0.5) is 34.1 Å². The molecule has 0 atom stereocenters. The number of rotatable bonds is 16. The third kappa shape index (κ3) is 18.1. The fourth-order valence-electron chi connectivity index (χ4n) is 8.82. The van der Waals surface area contributed by atoms with Gasteiger partial charge >= 0.3 is 19.5 Å². The predicted octanol–water partition coefficient (Wildman–Crippen LogP) is 19.1. The molecule has 0 unspecified atom stereocenters. The summed E-state index contributed by atoms with van der Waals surface area (Å²) < 4.78 is 0. The van der Waals surface area contributed by atoms with Crippen molar-refractivity contribution in [1.29, 1.82) is 0 Å². The van der Waals surface area contributed by atoms with E-state index in [-0.39, 0.29) is 19.5 Å². The van der Waals surface area contributed by atoms with Gasteiger partial charge in [-0.2, -0.15) is 10.3 Å². The molecule has 10 rings (SSSR count). The van der Waals surface area contributed by atoms with Gasteiger partial charge in [-0.15, -0.1) is 0 Å². The Hall–Kier alpha value is -8.78. The van der Waals surface area contributed by atoms with Crippen LogP contribution in [-0.4, -0.2) is 30.3 Å². The summed E-state index contributed by atoms with van der Waals surface area (Å²) in [4.78, 5) is 22.5. The minimum absolute atomic E-state index is 0. The molecule has 8 nitrogen and oxygen atoms in total. The number of aryl methyl sites for hydroxylation is 4. The van der Waals surface area contributed by atoms with Crippen molar-refractivity contribution in [3.63, 3.8) is 0 Å². The molecule has 0 aliphatic heterocycles. The molecule has 0 saturated heterocycles. The summed E-state index contributed by atoms with van der Waals surface area (Å²) in [7, 11) is 0. The number of isothiocyanates is 2. The number of hydrogen-bond acceptors (Lipinski definition) is 8. The van der Waals surface area contributed by atoms with Crippen molar-refractivity contribution >= 4 is 93.2 Å². The third-order valence-electron chi connectivity index (χ3n) is 13.0. The average Bonchev–Trinajstić information content (AvgIpc) is 3.56. The van der Waals surface area contributed by atoms with E-state index < -0.39 is 0 Å². The largest absolute Gasteiger partial charge is 2.00 e. The van der Waals surface area contributed by atoms with Crippen molar-refractivity contribution < 1.29 is 19.5 Å². The van der Waals surface area contributed by atoms with Crippen LogP contribution in [-0.2, 0) is 45.2 Å². The fraction of sp³-hybridized carbons (Fsp3) is 0.114. The molecule has 402 valence electrons. The Bertz CT molecular complexity index is 3330. The molecule has 0 bridgehead atoms. The number of thiocarbonyl (C=S) groups is 2. The minimum Gasteiger partial charge on any atom is -0.753 e. The summed E-state index contributed by atoms with van der Waals surface area (Å²) in [6.07, 6.45) is 19.8. The van der Waals surface area contributed by atoms with E-state index in [2.05, 4.69) is 254 Å². The molecule has 0 N–H and O–H groups in total. The number of anilines is 6. The van der Waals surface area contributed by atoms with Gasteiger partial charge in [-0.3, -0.25) is 19.9 Å². The van der Waals surface area contributed by atoms with Gasteiger partial charge in [-0.25, -0.2) is 0 Å². The molecule has 0 radical (unpaired) electrons. The van der Waals surface area contributed by atoms with Crippen molar-refractivity contribution in [2.75, 3.05) is 9.80 Å². The van der Waals surface area contributed by atoms with Crippen molar-refractivity contribution in [3.8, 4) is 22.8 Å². The second kappa shape index (κ2) is 33.0. The van der Waals surface area contributed by atoms with E-state index in [4.69, 9.17) is 20.8 Å². The first-order valence-corrected chi connectivity index (χ1v) is 27.4. The van der Waals surface area contributed by atoms with E-state index in [9.17, 15) is 0 Å². The maximum Gasteiger partial charge on any atom is 2.00 e. The molecule has 4 aromatic heterocycles. The van der Waals surface area contributed by atoms with Gasteiger partial charge < -0.3 is 20.6 Å². The molecule has 0 saturated carbocycles. The van der Waals surface area contributed by atoms with Gasteiger partial charge in [0.15, 0.2) is 0 Å². The first kappa shape index (κ1) is 61.4. The van der Waals surface area contributed by atoms with Crippen molar-refractivity contribution in [3.05, 3.63) is 286 Å². The first-order chi connectivity index (χ1) is 39.3. The quantitative estimate of drug-likeness (QED) is 0.0536. The summed E-state index contributed by atoms with van der Waals surface area (Å²) in [5.74, 6) is 0. The second-order valence-electron chi connectivity index (χ2n) is 18.2. The number of benzene rings is 6. The van der Waals surface area contributed by atoms with E-state index in [0.717, 1.165) is 105 Å². The SMILES string of the molecule is CCc1cccc(N(c2ccc(/C=C/c3ccnc(-c4cc(/C=C/c5ccc(N(c6cccc(CC)c6)c6cccc(CC)c6)cc5)ccn4)c3)cc2)c2cccc(CC)c2)c1.[N-]=C=S.[N-]=C=S.[Ru+2].c1ccc(-c2ccccn2)nc1. The van der Waals surface area contributed by atoms with Crippen LogP contribution in [0, 0.1) is 0 Å². The maximum absolute atomic E-state index is 7.13. The Balaban J connectivity index is 0.000000476. The van der Waals surface area contributed by atoms with Gasteiger partial charge in [0.2, 0.25) is 0 Å². The monoisotopic (exact) mass is 1180 g/mol. The number of pyridine rings is 4. The number of nitrogens with zero attached hydrogens (tertiary/aromatic N) is 8. The van der Waals surface area contributed by atoms with Crippen molar-refractivity contribution in [2.24, 2.45) is 0 Å². The molecule has 0 fully saturated rings. The van der Waals surface area contributed by atoms with Crippen LogP contribution >= 0.6 is 24.4 Å². The van der Waals surface area contributed by atoms with Crippen molar-refractivity contribution in [1.82, 2.24) is 19.9 Å². The number of aromatic nitrogens is 4. The molecular formula is C70H62N8RuS2. The second-order valence-corrected chi connectivity index (χ2v) is 18.5. The molecule has 4 heterocycles. The Morgan fingerprint density at radius 1 is 0.333 bits per heavy atom. The summed E-state index contributed by atoms with van der Waals surface area (Å²) in [5, 5.41) is 16.9. The molecule has 0 aliphatic rings. The topological polar surface area (TPSA) is 103 Å². The van der Waals surface area contributed by atoms with E-state index in [0.29, 0.717) is 0 Å². The standard InChI is InChI=1S/C58H54N4.C10H8N2.2CNS.Ru/c1-5-43-13-9-17-53(37-43)61(54-18-10-14-44(6-2)38-54)51-29-25-47(26-30-51)21-23-49-33-35-59-57(41-49)58-42-50(34-36-60-58)24-22-48-27-31-52(32-28-48)62(55-19-11-15-45(7-3)39-55)56-20-12-16-46(8-4)40-56;1-3-7-11-9(5-1)10-6-2-4-8-12-10;2*2-1-3;/h9-42H,5-8H2,1-4H3;1-8H;;;/q;;2*-1;+2/b23-21+,24-22+;;;;. The van der Waals surface area contributed by atoms with E-state index in [1.165, 1.54) is 32.6 Å². The zero-order valence-corrected chi connectivity index (χ0v) is 49.2. The van der Waals surface area contributed by atoms with E-state index in [1.54, 1.807) is 12.4 Å². The van der Waals surface area contributed by atoms with Crippen molar-refractivity contribution in [2.45, 2.75) is 53.4 Å². The summed E-state index contributed by atoms with van der Waals surface area (Å²) in [6, 6.07) is 72.8. The van der Waals surface area contributed by atoms with Crippen LogP contribution in [0.2, 0.25) is 0 Å². The van der Waals surface area contributed by atoms with Gasteiger partial charge in [0.05, 0.1) is 22.8 Å². The molecular weight excluding hydrogens is 1120 g/mol. The smallest absolute Gasteiger partial charge is 0.753 e. The Labute approximate surface area is 501 Å². The van der Waals surface area contributed by atoms with Gasteiger partial charge in [0, 0.05) is 58.9 Å². The van der Waals surface area contributed by atoms with Crippen LogP contribution in [0.1, 0.15) is 72.2 Å². The zero-order chi connectivity index (χ0) is 56.3. The summed E-state index contributed by atoms with van der Waals surface area (Å²) >= 11 is 7.40. The Kier molecular flexibility index (Phi) is 25.0. The Morgan fingerprint density at radius 2 is 0.630 bits per heavy atom. The molecule has 6 aromatic carbocycles. The molecule has 0 amide bonds. The molecule has 0 aliphatic carbocycles. The van der Waals surface area contributed by atoms with Gasteiger partial charge in [0.1, 0.15) is 0 Å². The normalized spacial score (nSPS) is 10.3. The summed E-state index contributed by atoms with van der Waals surface area (Å²) in [6.45, 7) is 8.82. The molecule has 11 heteroatoms. The molecule has 0 spiro atoms. The van der Waals surface area contributed by atoms with Crippen LogP contribution < -0.4 is 9.80 Å². The maximum atomic E-state index is 7.13. The van der Waals surface area contributed by atoms with Crippen LogP contribution in [0.15, 0.2) is 231 Å². The number of hydrogen-bond donors (Lipinski definition) is 0. The van der Waals surface area contributed by atoms with Crippen LogP contribution in [0.25, 0.3) is 57.9 Å². The molecule has 10 aromatic rings. The Morgan fingerprint density at radius 3 is 0.914 bits per heavy atom. The van der Waals surface area contributed by atoms with E-state index in [1.807, 2.05) is 60.9 Å². The molecule has 81 heavy (non-hydrogen) atoms. The zero-order valence-electron chi connectivity index (χ0n) is 45.8. The fourth-order valence-corrected chi connectivity index (χ4v) is 8.82. The van der Waals surface area contributed by atoms with Gasteiger partial charge in [-0.1, -0.05) is 161 Å².